The fraction of sp³-hybridized carbons (Fsp3) is 0.0769. The highest BCUT2D eigenvalue weighted by molar-refractivity contribution is 6.29. The molecule has 2 aromatic rings. The molecule has 0 saturated heterocycles. The van der Waals surface area contributed by atoms with Crippen molar-refractivity contribution in [2.45, 2.75) is 6.92 Å². The van der Waals surface area contributed by atoms with Gasteiger partial charge in [-0.15, -0.1) is 0 Å². The van der Waals surface area contributed by atoms with E-state index >= 15 is 0 Å². The topological polar surface area (TPSA) is 55.1 Å². The Morgan fingerprint density at radius 2 is 2.28 bits per heavy atom. The Kier molecular flexibility index (Phi) is 3.79. The van der Waals surface area contributed by atoms with E-state index in [-0.39, 0.29) is 5.91 Å². The standard InChI is InChI=1S/C13H11ClN2O2/c1-9-11(5-6-12(14)15-9)16-13(17)7-4-10-3-2-8-18-10/h2-8H,1H3,(H,16,17)/b7-4+. The molecule has 5 heteroatoms. The predicted octanol–water partition coefficient (Wildman–Crippen LogP) is 3.29. The number of carbonyl (C=O) groups excluding carboxylic acids is 1. The SMILES string of the molecule is Cc1nc(Cl)ccc1NC(=O)/C=C/c1ccco1. The molecule has 0 saturated carbocycles. The normalized spacial score (nSPS) is 10.8. The summed E-state index contributed by atoms with van der Waals surface area (Å²) in [6.07, 6.45) is 4.53. The van der Waals surface area contributed by atoms with E-state index in [1.807, 2.05) is 0 Å². The van der Waals surface area contributed by atoms with E-state index in [4.69, 9.17) is 16.0 Å². The largest absolute Gasteiger partial charge is 0.465 e. The molecule has 0 radical (unpaired) electrons. The molecule has 1 amide bonds. The Morgan fingerprint density at radius 1 is 1.44 bits per heavy atom. The molecule has 2 rings (SSSR count). The molecule has 0 aromatic carbocycles. The molecule has 1 N–H and O–H groups in total. The minimum atomic E-state index is -0.251. The molecule has 0 fully saturated rings. The zero-order valence-electron chi connectivity index (χ0n) is 9.68. The monoisotopic (exact) mass is 262 g/mol. The number of nitrogens with zero attached hydrogens (tertiary/aromatic N) is 1. The van der Waals surface area contributed by atoms with Crippen LogP contribution in [-0.2, 0) is 4.79 Å². The number of rotatable bonds is 3. The van der Waals surface area contributed by atoms with Gasteiger partial charge in [0.2, 0.25) is 5.91 Å². The molecule has 92 valence electrons. The van der Waals surface area contributed by atoms with Crippen molar-refractivity contribution < 1.29 is 9.21 Å². The zero-order chi connectivity index (χ0) is 13.0. The van der Waals surface area contributed by atoms with Gasteiger partial charge in [-0.25, -0.2) is 4.98 Å². The fourth-order valence-electron chi connectivity index (χ4n) is 1.38. The van der Waals surface area contributed by atoms with Crippen LogP contribution in [0, 0.1) is 6.92 Å². The highest BCUT2D eigenvalue weighted by Crippen LogP contribution is 2.15. The Hall–Kier alpha value is -2.07. The second kappa shape index (κ2) is 5.51. The molecule has 0 atom stereocenters. The molecule has 0 aliphatic rings. The lowest BCUT2D eigenvalue weighted by Crippen LogP contribution is -2.09. The third kappa shape index (κ3) is 3.21. The van der Waals surface area contributed by atoms with Crippen LogP contribution < -0.4 is 5.32 Å². The summed E-state index contributed by atoms with van der Waals surface area (Å²) in [5, 5.41) is 3.11. The van der Waals surface area contributed by atoms with Gasteiger partial charge >= 0.3 is 0 Å². The Morgan fingerprint density at radius 3 is 2.94 bits per heavy atom. The minimum Gasteiger partial charge on any atom is -0.465 e. The van der Waals surface area contributed by atoms with Crippen molar-refractivity contribution in [3.8, 4) is 0 Å². The van der Waals surface area contributed by atoms with E-state index < -0.39 is 0 Å². The number of aromatic nitrogens is 1. The van der Waals surface area contributed by atoms with Crippen molar-refractivity contribution in [1.82, 2.24) is 4.98 Å². The minimum absolute atomic E-state index is 0.251. The fourth-order valence-corrected chi connectivity index (χ4v) is 1.57. The van der Waals surface area contributed by atoms with Crippen LogP contribution in [0.5, 0.6) is 0 Å². The molecule has 4 nitrogen and oxygen atoms in total. The number of pyridine rings is 1. The third-order valence-corrected chi connectivity index (χ3v) is 2.46. The smallest absolute Gasteiger partial charge is 0.248 e. The second-order valence-electron chi connectivity index (χ2n) is 3.60. The van der Waals surface area contributed by atoms with Crippen molar-refractivity contribution in [2.75, 3.05) is 5.32 Å². The van der Waals surface area contributed by atoms with E-state index in [0.29, 0.717) is 22.3 Å². The van der Waals surface area contributed by atoms with Gasteiger partial charge in [0.15, 0.2) is 0 Å². The summed E-state index contributed by atoms with van der Waals surface area (Å²) in [5.74, 6) is 0.370. The average Bonchev–Trinajstić information content (AvgIpc) is 2.83. The summed E-state index contributed by atoms with van der Waals surface area (Å²) in [6.45, 7) is 1.78. The molecule has 2 heterocycles. The van der Waals surface area contributed by atoms with E-state index in [0.717, 1.165) is 0 Å². The van der Waals surface area contributed by atoms with Crippen molar-refractivity contribution in [2.24, 2.45) is 0 Å². The Labute approximate surface area is 109 Å². The van der Waals surface area contributed by atoms with Crippen LogP contribution in [-0.4, -0.2) is 10.9 Å². The highest BCUT2D eigenvalue weighted by Gasteiger charge is 2.03. The first kappa shape index (κ1) is 12.4. The summed E-state index contributed by atoms with van der Waals surface area (Å²) >= 11 is 5.73. The zero-order valence-corrected chi connectivity index (χ0v) is 10.4. The first-order chi connectivity index (χ1) is 8.65. The van der Waals surface area contributed by atoms with Gasteiger partial charge in [0.25, 0.3) is 0 Å². The molecular weight excluding hydrogens is 252 g/mol. The second-order valence-corrected chi connectivity index (χ2v) is 3.99. The number of furan rings is 1. The molecule has 18 heavy (non-hydrogen) atoms. The van der Waals surface area contributed by atoms with E-state index in [1.54, 1.807) is 43.5 Å². The van der Waals surface area contributed by atoms with E-state index in [1.165, 1.54) is 6.08 Å². The van der Waals surface area contributed by atoms with Gasteiger partial charge in [-0.05, 0) is 37.3 Å². The molecule has 0 aliphatic carbocycles. The van der Waals surface area contributed by atoms with Crippen LogP contribution in [0.2, 0.25) is 5.15 Å². The van der Waals surface area contributed by atoms with Gasteiger partial charge in [0, 0.05) is 6.08 Å². The van der Waals surface area contributed by atoms with Gasteiger partial charge < -0.3 is 9.73 Å². The molecule has 0 spiro atoms. The maximum atomic E-state index is 11.6. The van der Waals surface area contributed by atoms with Crippen molar-refractivity contribution in [3.05, 3.63) is 53.2 Å². The first-order valence-corrected chi connectivity index (χ1v) is 5.68. The van der Waals surface area contributed by atoms with Gasteiger partial charge in [0.05, 0.1) is 17.6 Å². The summed E-state index contributed by atoms with van der Waals surface area (Å²) in [4.78, 5) is 15.7. The van der Waals surface area contributed by atoms with Crippen molar-refractivity contribution in [1.29, 1.82) is 0 Å². The average molecular weight is 263 g/mol. The first-order valence-electron chi connectivity index (χ1n) is 5.31. The summed E-state index contributed by atoms with van der Waals surface area (Å²) < 4.78 is 5.08. The van der Waals surface area contributed by atoms with Crippen LogP contribution in [0.4, 0.5) is 5.69 Å². The van der Waals surface area contributed by atoms with Crippen LogP contribution in [0.15, 0.2) is 41.0 Å². The number of amides is 1. The van der Waals surface area contributed by atoms with Crippen LogP contribution in [0.3, 0.4) is 0 Å². The van der Waals surface area contributed by atoms with E-state index in [2.05, 4.69) is 10.3 Å². The maximum Gasteiger partial charge on any atom is 0.248 e. The van der Waals surface area contributed by atoms with Gasteiger partial charge in [-0.3, -0.25) is 4.79 Å². The number of aryl methyl sites for hydroxylation is 1. The molecule has 0 aliphatic heterocycles. The number of hydrogen-bond donors (Lipinski definition) is 1. The quantitative estimate of drug-likeness (QED) is 0.682. The number of nitrogens with one attached hydrogen (secondary N) is 1. The number of carbonyl (C=O) groups is 1. The van der Waals surface area contributed by atoms with Crippen LogP contribution in [0.25, 0.3) is 6.08 Å². The van der Waals surface area contributed by atoms with Gasteiger partial charge in [-0.2, -0.15) is 0 Å². The number of halogens is 1. The molecular formula is C13H11ClN2O2. The van der Waals surface area contributed by atoms with Crippen molar-refractivity contribution in [3.63, 3.8) is 0 Å². The number of anilines is 1. The third-order valence-electron chi connectivity index (χ3n) is 2.25. The van der Waals surface area contributed by atoms with Gasteiger partial charge in [0.1, 0.15) is 10.9 Å². The van der Waals surface area contributed by atoms with Crippen molar-refractivity contribution >= 4 is 29.3 Å². The van der Waals surface area contributed by atoms with Crippen LogP contribution >= 0.6 is 11.6 Å². The van der Waals surface area contributed by atoms with Crippen LogP contribution in [0.1, 0.15) is 11.5 Å². The lowest BCUT2D eigenvalue weighted by atomic mass is 10.3. The van der Waals surface area contributed by atoms with E-state index in [9.17, 15) is 4.79 Å². The summed E-state index contributed by atoms with van der Waals surface area (Å²) in [5.41, 5.74) is 1.30. The van der Waals surface area contributed by atoms with Gasteiger partial charge in [-0.1, -0.05) is 11.6 Å². The maximum absolute atomic E-state index is 11.6. The summed E-state index contributed by atoms with van der Waals surface area (Å²) in [7, 11) is 0. The molecule has 2 aromatic heterocycles. The lowest BCUT2D eigenvalue weighted by molar-refractivity contribution is -0.111. The highest BCUT2D eigenvalue weighted by atomic mass is 35.5. The lowest BCUT2D eigenvalue weighted by Gasteiger charge is -2.05. The molecule has 0 bridgehead atoms. The number of hydrogen-bond acceptors (Lipinski definition) is 3. The Balaban J connectivity index is 2.03. The molecule has 0 unspecified atom stereocenters. The predicted molar refractivity (Wildman–Crippen MR) is 70.4 cm³/mol. The summed E-state index contributed by atoms with van der Waals surface area (Å²) in [6, 6.07) is 6.85. The Bertz CT molecular complexity index is 577.